The summed E-state index contributed by atoms with van der Waals surface area (Å²) < 4.78 is 5.45. The quantitative estimate of drug-likeness (QED) is 0.907. The maximum Gasteiger partial charge on any atom is 0.219 e. The fourth-order valence-corrected chi connectivity index (χ4v) is 4.12. The zero-order valence-corrected chi connectivity index (χ0v) is 12.7. The first-order valence-electron chi connectivity index (χ1n) is 7.67. The molecule has 1 aromatic rings. The number of fused-ring (bicyclic) bond motifs is 1. The molecular formula is C17H23NO3. The van der Waals surface area contributed by atoms with E-state index < -0.39 is 5.60 Å². The number of para-hydroxylation sites is 1. The second-order valence-electron chi connectivity index (χ2n) is 6.31. The molecule has 1 aliphatic carbocycles. The van der Waals surface area contributed by atoms with Crippen molar-refractivity contribution in [3.63, 3.8) is 0 Å². The lowest BCUT2D eigenvalue weighted by Crippen LogP contribution is -2.43. The highest BCUT2D eigenvalue weighted by Crippen LogP contribution is 2.50. The number of amides is 1. The maximum atomic E-state index is 11.7. The van der Waals surface area contributed by atoms with Crippen molar-refractivity contribution in [2.24, 2.45) is 11.8 Å². The Bertz CT molecular complexity index is 545. The molecule has 3 atom stereocenters. The topological polar surface area (TPSA) is 49.8 Å². The molecule has 4 nitrogen and oxygen atoms in total. The highest BCUT2D eigenvalue weighted by atomic mass is 16.5. The van der Waals surface area contributed by atoms with Crippen molar-refractivity contribution in [3.8, 4) is 5.75 Å². The number of hydrogen-bond acceptors (Lipinski definition) is 3. The fraction of sp³-hybridized carbons (Fsp3) is 0.588. The minimum atomic E-state index is -0.889. The Balaban J connectivity index is 1.97. The summed E-state index contributed by atoms with van der Waals surface area (Å²) in [4.78, 5) is 13.6. The van der Waals surface area contributed by atoms with Crippen LogP contribution >= 0.6 is 0 Å². The van der Waals surface area contributed by atoms with Crippen molar-refractivity contribution >= 4 is 5.91 Å². The van der Waals surface area contributed by atoms with E-state index in [4.69, 9.17) is 4.74 Å². The van der Waals surface area contributed by atoms with Gasteiger partial charge in [-0.15, -0.1) is 0 Å². The molecule has 1 aliphatic heterocycles. The number of ether oxygens (including phenoxy) is 1. The number of nitrogens with zero attached hydrogens (tertiary/aromatic N) is 1. The molecule has 2 aliphatic rings. The predicted octanol–water partition coefficient (Wildman–Crippen LogP) is 2.16. The van der Waals surface area contributed by atoms with Crippen LogP contribution in [-0.4, -0.2) is 36.1 Å². The molecular weight excluding hydrogens is 266 g/mol. The van der Waals surface area contributed by atoms with Crippen molar-refractivity contribution in [1.82, 2.24) is 4.90 Å². The molecule has 0 bridgehead atoms. The van der Waals surface area contributed by atoms with Crippen molar-refractivity contribution in [1.29, 1.82) is 0 Å². The highest BCUT2D eigenvalue weighted by Gasteiger charge is 2.51. The molecule has 2 fully saturated rings. The molecule has 1 heterocycles. The van der Waals surface area contributed by atoms with Gasteiger partial charge in [0.05, 0.1) is 12.7 Å². The molecule has 0 spiro atoms. The Morgan fingerprint density at radius 3 is 2.86 bits per heavy atom. The average molecular weight is 289 g/mol. The van der Waals surface area contributed by atoms with Crippen molar-refractivity contribution < 1.29 is 14.6 Å². The third-order valence-electron chi connectivity index (χ3n) is 5.21. The maximum absolute atomic E-state index is 11.7. The van der Waals surface area contributed by atoms with Crippen LogP contribution in [0.1, 0.15) is 31.7 Å². The molecule has 4 heteroatoms. The van der Waals surface area contributed by atoms with Gasteiger partial charge in [0, 0.05) is 31.5 Å². The van der Waals surface area contributed by atoms with Gasteiger partial charge in [0.2, 0.25) is 5.91 Å². The third kappa shape index (κ3) is 2.31. The Labute approximate surface area is 125 Å². The van der Waals surface area contributed by atoms with E-state index in [1.54, 1.807) is 14.0 Å². The lowest BCUT2D eigenvalue weighted by molar-refractivity contribution is -0.128. The van der Waals surface area contributed by atoms with Crippen LogP contribution in [0.5, 0.6) is 5.75 Å². The second kappa shape index (κ2) is 5.34. The van der Waals surface area contributed by atoms with E-state index in [9.17, 15) is 9.90 Å². The number of rotatable bonds is 2. The number of carbonyl (C=O) groups excluding carboxylic acids is 1. The van der Waals surface area contributed by atoms with Gasteiger partial charge in [0.15, 0.2) is 0 Å². The van der Waals surface area contributed by atoms with Crippen LogP contribution in [0.2, 0.25) is 0 Å². The Morgan fingerprint density at radius 1 is 1.38 bits per heavy atom. The number of benzene rings is 1. The molecule has 1 saturated carbocycles. The summed E-state index contributed by atoms with van der Waals surface area (Å²) in [6, 6.07) is 7.71. The lowest BCUT2D eigenvalue weighted by Gasteiger charge is -2.41. The standard InChI is InChI=1S/C17H23NO3/c1-12(19)18-10-13-6-5-9-17(20,15(13)11-18)14-7-3-4-8-16(14)21-2/h3-4,7-8,13,15,20H,5-6,9-11H2,1-2H3. The van der Waals surface area contributed by atoms with Crippen LogP contribution in [0.4, 0.5) is 0 Å². The number of aliphatic hydroxyl groups is 1. The van der Waals surface area contributed by atoms with E-state index >= 15 is 0 Å². The first-order chi connectivity index (χ1) is 10.1. The molecule has 1 amide bonds. The monoisotopic (exact) mass is 289 g/mol. The number of methoxy groups -OCH3 is 1. The van der Waals surface area contributed by atoms with Gasteiger partial charge in [-0.2, -0.15) is 0 Å². The van der Waals surface area contributed by atoms with Gasteiger partial charge in [-0.1, -0.05) is 18.2 Å². The van der Waals surface area contributed by atoms with E-state index in [1.165, 1.54) is 0 Å². The lowest BCUT2D eigenvalue weighted by atomic mass is 9.67. The summed E-state index contributed by atoms with van der Waals surface area (Å²) in [6.07, 6.45) is 2.81. The average Bonchev–Trinajstić information content (AvgIpc) is 2.93. The SMILES string of the molecule is COc1ccccc1C1(O)CCCC2CN(C(C)=O)CC21. The molecule has 1 aromatic carbocycles. The van der Waals surface area contributed by atoms with Gasteiger partial charge in [-0.3, -0.25) is 4.79 Å². The van der Waals surface area contributed by atoms with Gasteiger partial charge < -0.3 is 14.7 Å². The van der Waals surface area contributed by atoms with Crippen LogP contribution in [0.15, 0.2) is 24.3 Å². The normalized spacial score (nSPS) is 31.9. The van der Waals surface area contributed by atoms with E-state index in [1.807, 2.05) is 29.2 Å². The summed E-state index contributed by atoms with van der Waals surface area (Å²) in [7, 11) is 1.64. The van der Waals surface area contributed by atoms with E-state index in [0.29, 0.717) is 12.5 Å². The van der Waals surface area contributed by atoms with Gasteiger partial charge >= 0.3 is 0 Å². The van der Waals surface area contributed by atoms with E-state index in [2.05, 4.69) is 0 Å². The first-order valence-corrected chi connectivity index (χ1v) is 7.67. The van der Waals surface area contributed by atoms with Crippen LogP contribution < -0.4 is 4.74 Å². The molecule has 114 valence electrons. The molecule has 0 aromatic heterocycles. The summed E-state index contributed by atoms with van der Waals surface area (Å²) >= 11 is 0. The minimum absolute atomic E-state index is 0.103. The van der Waals surface area contributed by atoms with Gasteiger partial charge in [-0.05, 0) is 31.2 Å². The fourth-order valence-electron chi connectivity index (χ4n) is 4.12. The summed E-state index contributed by atoms with van der Waals surface area (Å²) in [5, 5.41) is 11.4. The predicted molar refractivity (Wildman–Crippen MR) is 80.0 cm³/mol. The number of carbonyl (C=O) groups is 1. The molecule has 21 heavy (non-hydrogen) atoms. The summed E-state index contributed by atoms with van der Waals surface area (Å²) in [6.45, 7) is 3.03. The van der Waals surface area contributed by atoms with Crippen LogP contribution in [0.25, 0.3) is 0 Å². The highest BCUT2D eigenvalue weighted by molar-refractivity contribution is 5.73. The van der Waals surface area contributed by atoms with Gasteiger partial charge in [-0.25, -0.2) is 0 Å². The molecule has 3 unspecified atom stereocenters. The largest absolute Gasteiger partial charge is 0.496 e. The first kappa shape index (κ1) is 14.4. The van der Waals surface area contributed by atoms with Gasteiger partial charge in [0.1, 0.15) is 5.75 Å². The van der Waals surface area contributed by atoms with E-state index in [0.717, 1.165) is 37.1 Å². The van der Waals surface area contributed by atoms with E-state index in [-0.39, 0.29) is 11.8 Å². The van der Waals surface area contributed by atoms with Crippen molar-refractivity contribution in [3.05, 3.63) is 29.8 Å². The Hall–Kier alpha value is -1.55. The summed E-state index contributed by atoms with van der Waals surface area (Å²) in [5.74, 6) is 1.33. The van der Waals surface area contributed by atoms with Crippen molar-refractivity contribution in [2.45, 2.75) is 31.8 Å². The zero-order chi connectivity index (χ0) is 15.0. The molecule has 3 rings (SSSR count). The van der Waals surface area contributed by atoms with Crippen LogP contribution in [0, 0.1) is 11.8 Å². The van der Waals surface area contributed by atoms with Crippen LogP contribution in [0.3, 0.4) is 0 Å². The number of likely N-dealkylation sites (tertiary alicyclic amines) is 1. The molecule has 1 N–H and O–H groups in total. The van der Waals surface area contributed by atoms with Gasteiger partial charge in [0.25, 0.3) is 0 Å². The smallest absolute Gasteiger partial charge is 0.219 e. The minimum Gasteiger partial charge on any atom is -0.496 e. The molecule has 1 saturated heterocycles. The second-order valence-corrected chi connectivity index (χ2v) is 6.31. The Morgan fingerprint density at radius 2 is 2.14 bits per heavy atom. The zero-order valence-electron chi connectivity index (χ0n) is 12.7. The van der Waals surface area contributed by atoms with Crippen LogP contribution in [-0.2, 0) is 10.4 Å². The van der Waals surface area contributed by atoms with Crippen molar-refractivity contribution in [2.75, 3.05) is 20.2 Å². The third-order valence-corrected chi connectivity index (χ3v) is 5.21. The Kier molecular flexibility index (Phi) is 3.66. The summed E-state index contributed by atoms with van der Waals surface area (Å²) in [5.41, 5.74) is -0.0210. The number of hydrogen-bond donors (Lipinski definition) is 1. The molecule has 0 radical (unpaired) electrons.